The fourth-order valence-corrected chi connectivity index (χ4v) is 2.97. The van der Waals surface area contributed by atoms with E-state index in [1.807, 2.05) is 20.8 Å². The molecule has 164 valence electrons. The highest BCUT2D eigenvalue weighted by Crippen LogP contribution is 2.45. The molecule has 1 unspecified atom stereocenters. The average molecular weight is 426 g/mol. The van der Waals surface area contributed by atoms with Gasteiger partial charge < -0.3 is 10.1 Å². The molecule has 1 amide bonds. The predicted octanol–water partition coefficient (Wildman–Crippen LogP) is 3.33. The third-order valence-corrected chi connectivity index (χ3v) is 4.90. The lowest BCUT2D eigenvalue weighted by Crippen LogP contribution is -2.39. The number of amides is 1. The molecule has 8 nitrogen and oxygen atoms in total. The van der Waals surface area contributed by atoms with E-state index in [1.54, 1.807) is 7.05 Å². The summed E-state index contributed by atoms with van der Waals surface area (Å²) in [6, 6.07) is 0.643. The molecule has 1 aliphatic carbocycles. The number of aromatic nitrogens is 5. The Morgan fingerprint density at radius 2 is 1.97 bits per heavy atom. The zero-order valence-corrected chi connectivity index (χ0v) is 17.5. The maximum atomic E-state index is 14.2. The predicted molar refractivity (Wildman–Crippen MR) is 101 cm³/mol. The molecule has 3 rings (SSSR count). The molecular formula is C19H25F3N6O2. The smallest absolute Gasteiger partial charge is 0.306 e. The number of hydrogen-bond acceptors (Lipinski definition) is 6. The van der Waals surface area contributed by atoms with E-state index in [0.29, 0.717) is 18.3 Å². The molecule has 0 aliphatic heterocycles. The molecule has 2 atom stereocenters. The summed E-state index contributed by atoms with van der Waals surface area (Å²) in [5.41, 5.74) is -0.0108. The second-order valence-corrected chi connectivity index (χ2v) is 8.70. The van der Waals surface area contributed by atoms with Crippen LogP contribution in [0.4, 0.5) is 13.2 Å². The fraction of sp³-hybridized carbons (Fsp3) is 0.632. The number of ether oxygens (including phenoxy) is 1. The molecule has 30 heavy (non-hydrogen) atoms. The SMILES string of the molecule is Cn1nnnc1C(NC(=O)c1cc(O[C@@](C)(F)C(F)F)c(C2CC2)cn1)C(C)(C)C. The molecule has 0 radical (unpaired) electrons. The second-order valence-electron chi connectivity index (χ2n) is 8.70. The van der Waals surface area contributed by atoms with Crippen molar-refractivity contribution in [3.8, 4) is 5.75 Å². The first-order valence-corrected chi connectivity index (χ1v) is 9.59. The molecule has 1 aliphatic rings. The second kappa shape index (κ2) is 7.84. The largest absolute Gasteiger partial charge is 0.452 e. The number of nitrogens with zero attached hydrogens (tertiary/aromatic N) is 5. The number of alkyl halides is 3. The summed E-state index contributed by atoms with van der Waals surface area (Å²) in [5, 5.41) is 14.2. The fourth-order valence-electron chi connectivity index (χ4n) is 2.97. The van der Waals surface area contributed by atoms with Crippen LogP contribution in [0.3, 0.4) is 0 Å². The highest BCUT2D eigenvalue weighted by molar-refractivity contribution is 5.93. The van der Waals surface area contributed by atoms with Crippen molar-refractivity contribution < 1.29 is 22.7 Å². The summed E-state index contributed by atoms with van der Waals surface area (Å²) in [5.74, 6) is -3.36. The highest BCUT2D eigenvalue weighted by atomic mass is 19.3. The van der Waals surface area contributed by atoms with Gasteiger partial charge in [-0.1, -0.05) is 20.8 Å². The van der Waals surface area contributed by atoms with Gasteiger partial charge in [0, 0.05) is 31.8 Å². The van der Waals surface area contributed by atoms with Gasteiger partial charge >= 0.3 is 12.3 Å². The van der Waals surface area contributed by atoms with E-state index in [-0.39, 0.29) is 17.4 Å². The van der Waals surface area contributed by atoms with Crippen molar-refractivity contribution in [1.29, 1.82) is 0 Å². The molecule has 1 fully saturated rings. The van der Waals surface area contributed by atoms with Crippen molar-refractivity contribution in [2.75, 3.05) is 0 Å². The minimum Gasteiger partial charge on any atom is -0.452 e. The van der Waals surface area contributed by atoms with Gasteiger partial charge in [-0.15, -0.1) is 5.10 Å². The maximum Gasteiger partial charge on any atom is 0.306 e. The van der Waals surface area contributed by atoms with Crippen LogP contribution >= 0.6 is 0 Å². The molecule has 1 saturated carbocycles. The van der Waals surface area contributed by atoms with E-state index in [1.165, 1.54) is 16.9 Å². The Morgan fingerprint density at radius 3 is 2.47 bits per heavy atom. The van der Waals surface area contributed by atoms with Crippen molar-refractivity contribution in [3.63, 3.8) is 0 Å². The van der Waals surface area contributed by atoms with E-state index in [0.717, 1.165) is 12.8 Å². The van der Waals surface area contributed by atoms with Crippen LogP contribution in [0.15, 0.2) is 12.3 Å². The van der Waals surface area contributed by atoms with Gasteiger partial charge in [0.2, 0.25) is 0 Å². The van der Waals surface area contributed by atoms with Crippen LogP contribution in [0.1, 0.15) is 74.4 Å². The van der Waals surface area contributed by atoms with Crippen LogP contribution in [0, 0.1) is 5.41 Å². The zero-order chi connectivity index (χ0) is 22.3. The molecular weight excluding hydrogens is 401 g/mol. The summed E-state index contributed by atoms with van der Waals surface area (Å²) >= 11 is 0. The van der Waals surface area contributed by atoms with Gasteiger partial charge in [0.05, 0.1) is 6.04 Å². The molecule has 2 heterocycles. The Morgan fingerprint density at radius 1 is 1.30 bits per heavy atom. The number of halogens is 3. The first-order chi connectivity index (χ1) is 13.9. The van der Waals surface area contributed by atoms with Crippen molar-refractivity contribution in [2.24, 2.45) is 12.5 Å². The van der Waals surface area contributed by atoms with E-state index in [9.17, 15) is 18.0 Å². The third-order valence-electron chi connectivity index (χ3n) is 4.90. The Labute approximate surface area is 172 Å². The first-order valence-electron chi connectivity index (χ1n) is 9.59. The molecule has 11 heteroatoms. The van der Waals surface area contributed by atoms with Crippen molar-refractivity contribution in [1.82, 2.24) is 30.5 Å². The van der Waals surface area contributed by atoms with Gasteiger partial charge in [-0.25, -0.2) is 13.5 Å². The van der Waals surface area contributed by atoms with Gasteiger partial charge in [0.15, 0.2) is 5.82 Å². The standard InChI is InChI=1S/C19H25F3N6O2/c1-18(2,3)14(15-25-26-27-28(15)5)24-16(29)12-8-13(30-19(4,22)17(20)21)11(9-23-12)10-6-7-10/h8-10,14,17H,6-7H2,1-5H3,(H,24,29)/t14?,19-/m1/s1. The van der Waals surface area contributed by atoms with E-state index in [4.69, 9.17) is 4.74 Å². The first kappa shape index (κ1) is 22.0. The molecule has 0 aromatic carbocycles. The summed E-state index contributed by atoms with van der Waals surface area (Å²) in [6.45, 7) is 6.37. The summed E-state index contributed by atoms with van der Waals surface area (Å²) in [6.07, 6.45) is -0.304. The van der Waals surface area contributed by atoms with Gasteiger partial charge in [0.1, 0.15) is 11.4 Å². The molecule has 2 aromatic rings. The quantitative estimate of drug-likeness (QED) is 0.730. The minimum atomic E-state index is -3.34. The molecule has 0 spiro atoms. The number of nitrogens with one attached hydrogen (secondary N) is 1. The van der Waals surface area contributed by atoms with E-state index >= 15 is 0 Å². The molecule has 1 N–H and O–H groups in total. The van der Waals surface area contributed by atoms with Crippen molar-refractivity contribution in [3.05, 3.63) is 29.3 Å². The lowest BCUT2D eigenvalue weighted by atomic mass is 9.86. The number of hydrogen-bond donors (Lipinski definition) is 1. The Balaban J connectivity index is 1.90. The van der Waals surface area contributed by atoms with Crippen LogP contribution in [-0.2, 0) is 7.05 Å². The number of rotatable bonds is 7. The highest BCUT2D eigenvalue weighted by Gasteiger charge is 2.40. The Hall–Kier alpha value is -2.72. The van der Waals surface area contributed by atoms with E-state index in [2.05, 4.69) is 25.8 Å². The third kappa shape index (κ3) is 4.71. The summed E-state index contributed by atoms with van der Waals surface area (Å²) in [7, 11) is 1.65. The number of carbonyl (C=O) groups is 1. The average Bonchev–Trinajstić information content (AvgIpc) is 3.39. The van der Waals surface area contributed by atoms with Crippen molar-refractivity contribution in [2.45, 2.75) is 64.8 Å². The lowest BCUT2D eigenvalue weighted by molar-refractivity contribution is -0.153. The number of tetrazole rings is 1. The molecule has 0 saturated heterocycles. The Bertz CT molecular complexity index is 921. The van der Waals surface area contributed by atoms with Crippen LogP contribution < -0.4 is 10.1 Å². The topological polar surface area (TPSA) is 94.8 Å². The summed E-state index contributed by atoms with van der Waals surface area (Å²) < 4.78 is 46.6. The monoisotopic (exact) mass is 426 g/mol. The van der Waals surface area contributed by atoms with Gasteiger partial charge in [-0.05, 0) is 34.6 Å². The zero-order valence-electron chi connectivity index (χ0n) is 17.5. The number of aryl methyl sites for hydroxylation is 1. The molecule has 2 aromatic heterocycles. The van der Waals surface area contributed by atoms with Gasteiger partial charge in [-0.3, -0.25) is 9.78 Å². The molecule has 0 bridgehead atoms. The lowest BCUT2D eigenvalue weighted by Gasteiger charge is -2.30. The maximum absolute atomic E-state index is 14.2. The van der Waals surface area contributed by atoms with Crippen LogP contribution in [0.25, 0.3) is 0 Å². The van der Waals surface area contributed by atoms with Crippen LogP contribution in [-0.4, -0.2) is 43.4 Å². The minimum absolute atomic E-state index is 0.0603. The Kier molecular flexibility index (Phi) is 5.74. The van der Waals surface area contributed by atoms with E-state index < -0.39 is 29.6 Å². The normalized spacial score (nSPS) is 17.5. The number of pyridine rings is 1. The van der Waals surface area contributed by atoms with Gasteiger partial charge in [0.25, 0.3) is 5.91 Å². The number of carbonyl (C=O) groups excluding carboxylic acids is 1. The summed E-state index contributed by atoms with van der Waals surface area (Å²) in [4.78, 5) is 17.1. The van der Waals surface area contributed by atoms with Crippen LogP contribution in [0.2, 0.25) is 0 Å². The van der Waals surface area contributed by atoms with Crippen LogP contribution in [0.5, 0.6) is 5.75 Å². The van der Waals surface area contributed by atoms with Gasteiger partial charge in [-0.2, -0.15) is 4.39 Å². The van der Waals surface area contributed by atoms with Crippen molar-refractivity contribution >= 4 is 5.91 Å².